The minimum atomic E-state index is 0.0442. The molecule has 0 radical (unpaired) electrons. The first-order chi connectivity index (χ1) is 18.4. The fourth-order valence-electron chi connectivity index (χ4n) is 5.52. The summed E-state index contributed by atoms with van der Waals surface area (Å²) in [7, 11) is 3.59. The molecule has 0 spiro atoms. The molecule has 1 N–H and O–H groups in total. The minimum Gasteiger partial charge on any atom is -0.490 e. The number of hydrogen-bond acceptors (Lipinski definition) is 6. The first-order valence-corrected chi connectivity index (χ1v) is 14.1. The summed E-state index contributed by atoms with van der Waals surface area (Å²) in [6, 6.07) is 15.1. The van der Waals surface area contributed by atoms with Gasteiger partial charge in [0.1, 0.15) is 5.75 Å². The van der Waals surface area contributed by atoms with Gasteiger partial charge in [-0.2, -0.15) is 0 Å². The van der Waals surface area contributed by atoms with E-state index in [-0.39, 0.29) is 17.9 Å². The molecule has 2 aromatic carbocycles. The standard InChI is InChI=1S/C31H45N3O4/c1-23-18-28(11-8-27(23)21-34-15-14-32-24(2)20-34)33(3)31(35)26-9-12-29(13-10-26)38-30-7-5-6-25(19-30)22-37-17-16-36-4/h5-8,11,18-19,24,26,29,32H,9-10,12-17,20-22H2,1-4H3/t24-,26-,29-/m0/s1. The molecule has 1 saturated carbocycles. The molecule has 1 atom stereocenters. The number of methoxy groups -OCH3 is 1. The Morgan fingerprint density at radius 2 is 1.92 bits per heavy atom. The summed E-state index contributed by atoms with van der Waals surface area (Å²) < 4.78 is 16.9. The summed E-state index contributed by atoms with van der Waals surface area (Å²) in [5, 5.41) is 3.51. The second-order valence-electron chi connectivity index (χ2n) is 10.9. The molecular formula is C31H45N3O4. The van der Waals surface area contributed by atoms with E-state index in [0.717, 1.165) is 68.9 Å². The molecule has 4 rings (SSSR count). The van der Waals surface area contributed by atoms with Crippen molar-refractivity contribution in [3.05, 3.63) is 59.2 Å². The predicted octanol–water partition coefficient (Wildman–Crippen LogP) is 4.55. The SMILES string of the molecule is COCCOCc1cccc(O[C@H]2CC[C@H](C(=O)N(C)c3ccc(CN4CCN[C@@H](C)C4)c(C)c3)CC2)c1. The van der Waals surface area contributed by atoms with Crippen molar-refractivity contribution in [3.63, 3.8) is 0 Å². The number of amides is 1. The van der Waals surface area contributed by atoms with E-state index in [4.69, 9.17) is 14.2 Å². The molecule has 0 aromatic heterocycles. The van der Waals surface area contributed by atoms with Gasteiger partial charge in [0.15, 0.2) is 0 Å². The maximum atomic E-state index is 13.4. The smallest absolute Gasteiger partial charge is 0.229 e. The molecular weight excluding hydrogens is 478 g/mol. The Morgan fingerprint density at radius 3 is 2.66 bits per heavy atom. The molecule has 0 bridgehead atoms. The third-order valence-corrected chi connectivity index (χ3v) is 7.82. The number of benzene rings is 2. The van der Waals surface area contributed by atoms with E-state index >= 15 is 0 Å². The van der Waals surface area contributed by atoms with Crippen LogP contribution < -0.4 is 15.0 Å². The van der Waals surface area contributed by atoms with Crippen molar-refractivity contribution in [1.82, 2.24) is 10.2 Å². The summed E-state index contributed by atoms with van der Waals surface area (Å²) in [5.74, 6) is 1.12. The van der Waals surface area contributed by atoms with Gasteiger partial charge in [-0.1, -0.05) is 18.2 Å². The quantitative estimate of drug-likeness (QED) is 0.436. The van der Waals surface area contributed by atoms with Gasteiger partial charge < -0.3 is 24.4 Å². The lowest BCUT2D eigenvalue weighted by atomic mass is 9.86. The lowest BCUT2D eigenvalue weighted by Gasteiger charge is -2.32. The Labute approximate surface area is 228 Å². The van der Waals surface area contributed by atoms with Crippen LogP contribution in [0.4, 0.5) is 5.69 Å². The summed E-state index contributed by atoms with van der Waals surface area (Å²) >= 11 is 0. The van der Waals surface area contributed by atoms with E-state index in [2.05, 4.69) is 42.3 Å². The number of carbonyl (C=O) groups is 1. The molecule has 2 aromatic rings. The monoisotopic (exact) mass is 523 g/mol. The number of ether oxygens (including phenoxy) is 3. The van der Waals surface area contributed by atoms with E-state index in [1.807, 2.05) is 36.2 Å². The van der Waals surface area contributed by atoms with Crippen molar-refractivity contribution in [2.45, 2.75) is 64.8 Å². The van der Waals surface area contributed by atoms with Gasteiger partial charge in [0.2, 0.25) is 5.91 Å². The first-order valence-electron chi connectivity index (χ1n) is 14.1. The molecule has 1 amide bonds. The number of piperazine rings is 1. The number of carbonyl (C=O) groups excluding carboxylic acids is 1. The highest BCUT2D eigenvalue weighted by Gasteiger charge is 2.30. The number of anilines is 1. The largest absolute Gasteiger partial charge is 0.490 e. The second-order valence-corrected chi connectivity index (χ2v) is 10.9. The van der Waals surface area contributed by atoms with Crippen LogP contribution in [0.2, 0.25) is 0 Å². The van der Waals surface area contributed by atoms with Crippen molar-refractivity contribution in [2.75, 3.05) is 51.9 Å². The first kappa shape index (κ1) is 28.6. The van der Waals surface area contributed by atoms with Crippen molar-refractivity contribution in [2.24, 2.45) is 5.92 Å². The average molecular weight is 524 g/mol. The van der Waals surface area contributed by atoms with Crippen LogP contribution in [0.1, 0.15) is 49.3 Å². The average Bonchev–Trinajstić information content (AvgIpc) is 2.92. The van der Waals surface area contributed by atoms with Crippen LogP contribution in [0.25, 0.3) is 0 Å². The van der Waals surface area contributed by atoms with Crippen molar-refractivity contribution in [3.8, 4) is 5.75 Å². The van der Waals surface area contributed by atoms with E-state index in [9.17, 15) is 4.79 Å². The van der Waals surface area contributed by atoms with Crippen LogP contribution >= 0.6 is 0 Å². The number of hydrogen-bond donors (Lipinski definition) is 1. The zero-order chi connectivity index (χ0) is 26.9. The van der Waals surface area contributed by atoms with Crippen LogP contribution in [0, 0.1) is 12.8 Å². The fourth-order valence-corrected chi connectivity index (χ4v) is 5.52. The Morgan fingerprint density at radius 1 is 1.11 bits per heavy atom. The lowest BCUT2D eigenvalue weighted by molar-refractivity contribution is -0.123. The molecule has 1 aliphatic carbocycles. The highest BCUT2D eigenvalue weighted by atomic mass is 16.5. The molecule has 1 aliphatic heterocycles. The highest BCUT2D eigenvalue weighted by molar-refractivity contribution is 5.94. The Balaban J connectivity index is 1.25. The molecule has 2 fully saturated rings. The predicted molar refractivity (Wildman–Crippen MR) is 152 cm³/mol. The zero-order valence-corrected chi connectivity index (χ0v) is 23.6. The van der Waals surface area contributed by atoms with Gasteiger partial charge in [0.25, 0.3) is 0 Å². The molecule has 208 valence electrons. The van der Waals surface area contributed by atoms with Crippen LogP contribution in [-0.4, -0.2) is 70.0 Å². The summed E-state index contributed by atoms with van der Waals surface area (Å²) in [4.78, 5) is 17.7. The molecule has 7 nitrogen and oxygen atoms in total. The van der Waals surface area contributed by atoms with Gasteiger partial charge >= 0.3 is 0 Å². The number of rotatable bonds is 11. The van der Waals surface area contributed by atoms with Gasteiger partial charge in [-0.15, -0.1) is 0 Å². The van der Waals surface area contributed by atoms with Gasteiger partial charge in [-0.05, 0) is 80.5 Å². The summed E-state index contributed by atoms with van der Waals surface area (Å²) in [5.41, 5.74) is 4.66. The Kier molecular flexibility index (Phi) is 10.6. The second kappa shape index (κ2) is 14.1. The van der Waals surface area contributed by atoms with Crippen molar-refractivity contribution >= 4 is 11.6 Å². The van der Waals surface area contributed by atoms with Gasteiger partial charge in [0.05, 0.1) is 25.9 Å². The normalized spacial score (nSPS) is 22.3. The van der Waals surface area contributed by atoms with E-state index in [0.29, 0.717) is 25.9 Å². The summed E-state index contributed by atoms with van der Waals surface area (Å²) in [6.07, 6.45) is 3.63. The Hall–Kier alpha value is -2.45. The number of nitrogens with one attached hydrogen (secondary N) is 1. The van der Waals surface area contributed by atoms with E-state index in [1.165, 1.54) is 11.1 Å². The minimum absolute atomic E-state index is 0.0442. The molecule has 7 heteroatoms. The summed E-state index contributed by atoms with van der Waals surface area (Å²) in [6.45, 7) is 10.3. The topological polar surface area (TPSA) is 63.3 Å². The molecule has 0 unspecified atom stereocenters. The van der Waals surface area contributed by atoms with Gasteiger partial charge in [-0.25, -0.2) is 0 Å². The lowest BCUT2D eigenvalue weighted by Crippen LogP contribution is -2.48. The van der Waals surface area contributed by atoms with Crippen LogP contribution in [-0.2, 0) is 27.4 Å². The van der Waals surface area contributed by atoms with Crippen LogP contribution in [0.3, 0.4) is 0 Å². The number of aryl methyl sites for hydroxylation is 1. The molecule has 38 heavy (non-hydrogen) atoms. The molecule has 2 aliphatic rings. The maximum Gasteiger partial charge on any atom is 0.229 e. The van der Waals surface area contributed by atoms with E-state index < -0.39 is 0 Å². The van der Waals surface area contributed by atoms with Crippen LogP contribution in [0.15, 0.2) is 42.5 Å². The maximum absolute atomic E-state index is 13.4. The van der Waals surface area contributed by atoms with Gasteiger partial charge in [-0.3, -0.25) is 9.69 Å². The zero-order valence-electron chi connectivity index (χ0n) is 23.6. The van der Waals surface area contributed by atoms with Crippen molar-refractivity contribution < 1.29 is 19.0 Å². The molecule has 1 saturated heterocycles. The third kappa shape index (κ3) is 8.03. The van der Waals surface area contributed by atoms with Gasteiger partial charge in [0, 0.05) is 58.0 Å². The van der Waals surface area contributed by atoms with Crippen molar-refractivity contribution in [1.29, 1.82) is 0 Å². The third-order valence-electron chi connectivity index (χ3n) is 7.82. The number of nitrogens with zero attached hydrogens (tertiary/aromatic N) is 2. The fraction of sp³-hybridized carbons (Fsp3) is 0.581. The highest BCUT2D eigenvalue weighted by Crippen LogP contribution is 2.31. The molecule has 1 heterocycles. The Bertz CT molecular complexity index is 1040. The van der Waals surface area contributed by atoms with E-state index in [1.54, 1.807) is 7.11 Å². The van der Waals surface area contributed by atoms with Crippen LogP contribution in [0.5, 0.6) is 5.75 Å².